The average Bonchev–Trinajstić information content (AvgIpc) is 3.65. The third-order valence-corrected chi connectivity index (χ3v) is 13.3. The number of hydrogen-bond acceptors (Lipinski definition) is 6. The van der Waals surface area contributed by atoms with Crippen molar-refractivity contribution < 1.29 is 5.11 Å². The first-order chi connectivity index (χ1) is 20.7. The number of nitrogens with two attached hydrogens (primary N) is 1. The van der Waals surface area contributed by atoms with E-state index in [0.717, 1.165) is 68.8 Å². The van der Waals surface area contributed by atoms with Crippen LogP contribution in [-0.2, 0) is 0 Å². The number of likely N-dealkylation sites (tertiary alicyclic amines) is 1. The Morgan fingerprint density at radius 2 is 1.60 bits per heavy atom. The molecule has 8 nitrogen and oxygen atoms in total. The molecule has 5 atom stereocenters. The first-order valence-electron chi connectivity index (χ1n) is 18.3. The van der Waals surface area contributed by atoms with Gasteiger partial charge in [0.2, 0.25) is 0 Å². The normalized spacial score (nSPS) is 39.9. The van der Waals surface area contributed by atoms with Gasteiger partial charge in [0.1, 0.15) is 0 Å². The van der Waals surface area contributed by atoms with Crippen LogP contribution in [0.5, 0.6) is 0 Å². The average molecular weight is 596 g/mol. The molecular formula is C35H61N7O. The predicted molar refractivity (Wildman–Crippen MR) is 174 cm³/mol. The van der Waals surface area contributed by atoms with Crippen molar-refractivity contribution in [3.05, 3.63) is 0 Å². The SMILES string of the molecule is CC(C)[C@@H]1CN=C(N)N1C[C@@H]1CCCN1[C@@H](CC1CCCCC1)N1C[C@@H]([C@@H](C)O)N(CC23CC4CC(CC(C4)C2)C3)C1=N. The molecule has 8 rings (SSSR count). The van der Waals surface area contributed by atoms with Crippen LogP contribution in [0.3, 0.4) is 0 Å². The van der Waals surface area contributed by atoms with E-state index in [1.165, 1.54) is 83.5 Å². The Balaban J connectivity index is 1.14. The standard InChI is InChI=1S/C35H61N7O/c1-23(2)30-19-38-33(36)40(30)20-29-10-7-11-39(29)32(15-25-8-5-4-6-9-25)41-21-31(24(3)43)42(34(41)37)22-35-16-26-12-27(17-35)14-28(13-26)18-35/h23-32,37,43H,4-22H2,1-3H3,(H2,36,38)/t24-,26?,27?,28?,29+,30+,31+,32-,35?/m1/s1. The zero-order valence-corrected chi connectivity index (χ0v) is 27.5. The largest absolute Gasteiger partial charge is 0.391 e. The fourth-order valence-electron chi connectivity index (χ4n) is 11.6. The monoisotopic (exact) mass is 595 g/mol. The van der Waals surface area contributed by atoms with Gasteiger partial charge in [0.15, 0.2) is 11.9 Å². The summed E-state index contributed by atoms with van der Waals surface area (Å²) < 4.78 is 0. The molecule has 43 heavy (non-hydrogen) atoms. The van der Waals surface area contributed by atoms with E-state index in [4.69, 9.17) is 5.73 Å². The van der Waals surface area contributed by atoms with E-state index >= 15 is 0 Å². The van der Waals surface area contributed by atoms with Crippen LogP contribution in [0, 0.1) is 40.4 Å². The van der Waals surface area contributed by atoms with Gasteiger partial charge in [-0.1, -0.05) is 46.0 Å². The van der Waals surface area contributed by atoms with Gasteiger partial charge < -0.3 is 25.5 Å². The lowest BCUT2D eigenvalue weighted by atomic mass is 9.49. The Hall–Kier alpha value is -1.54. The predicted octanol–water partition coefficient (Wildman–Crippen LogP) is 4.92. The number of rotatable bonds is 10. The first kappa shape index (κ1) is 30.1. The van der Waals surface area contributed by atoms with Crippen molar-refractivity contribution in [1.29, 1.82) is 5.41 Å². The minimum Gasteiger partial charge on any atom is -0.391 e. The van der Waals surface area contributed by atoms with Gasteiger partial charge in [-0.05, 0) is 99.7 Å². The molecule has 8 aliphatic rings. The highest BCUT2D eigenvalue weighted by molar-refractivity contribution is 5.81. The van der Waals surface area contributed by atoms with Crippen LogP contribution < -0.4 is 5.73 Å². The lowest BCUT2D eigenvalue weighted by Crippen LogP contribution is -2.57. The summed E-state index contributed by atoms with van der Waals surface area (Å²) in [6.45, 7) is 11.2. The highest BCUT2D eigenvalue weighted by atomic mass is 16.3. The number of guanidine groups is 2. The Labute approximate surface area is 261 Å². The number of aliphatic hydroxyl groups excluding tert-OH is 1. The van der Waals surface area contributed by atoms with Gasteiger partial charge in [-0.3, -0.25) is 15.3 Å². The van der Waals surface area contributed by atoms with Crippen molar-refractivity contribution in [2.24, 2.45) is 45.7 Å². The van der Waals surface area contributed by atoms with Crippen LogP contribution in [0.2, 0.25) is 0 Å². The van der Waals surface area contributed by atoms with Gasteiger partial charge in [0, 0.05) is 32.2 Å². The Bertz CT molecular complexity index is 1000. The summed E-state index contributed by atoms with van der Waals surface area (Å²) in [4.78, 5) is 14.7. The van der Waals surface area contributed by atoms with E-state index in [-0.39, 0.29) is 12.2 Å². The summed E-state index contributed by atoms with van der Waals surface area (Å²) in [6, 6.07) is 0.832. The molecule has 2 saturated heterocycles. The van der Waals surface area contributed by atoms with Crippen molar-refractivity contribution in [3.63, 3.8) is 0 Å². The van der Waals surface area contributed by atoms with Gasteiger partial charge in [-0.15, -0.1) is 0 Å². The molecule has 8 heteroatoms. The van der Waals surface area contributed by atoms with Crippen molar-refractivity contribution >= 4 is 11.9 Å². The van der Waals surface area contributed by atoms with E-state index in [2.05, 4.69) is 38.4 Å². The lowest BCUT2D eigenvalue weighted by molar-refractivity contribution is -0.0673. The number of hydrogen-bond donors (Lipinski definition) is 3. The fraction of sp³-hybridized carbons (Fsp3) is 0.943. The zero-order chi connectivity index (χ0) is 29.9. The Morgan fingerprint density at radius 3 is 2.23 bits per heavy atom. The highest BCUT2D eigenvalue weighted by Gasteiger charge is 2.54. The summed E-state index contributed by atoms with van der Waals surface area (Å²) in [6.07, 6.45) is 18.5. The summed E-state index contributed by atoms with van der Waals surface area (Å²) in [5.41, 5.74) is 6.85. The van der Waals surface area contributed by atoms with Gasteiger partial charge >= 0.3 is 0 Å². The number of aliphatic imine (C=N–C) groups is 1. The third kappa shape index (κ3) is 5.81. The van der Waals surface area contributed by atoms with E-state index in [9.17, 15) is 10.5 Å². The maximum Gasteiger partial charge on any atom is 0.195 e. The van der Waals surface area contributed by atoms with Gasteiger partial charge in [0.05, 0.1) is 30.9 Å². The van der Waals surface area contributed by atoms with Crippen molar-refractivity contribution in [3.8, 4) is 0 Å². The molecule has 3 heterocycles. The Morgan fingerprint density at radius 1 is 0.930 bits per heavy atom. The molecule has 4 N–H and O–H groups in total. The maximum absolute atomic E-state index is 11.2. The minimum absolute atomic E-state index is 0.0158. The van der Waals surface area contributed by atoms with Crippen LogP contribution in [0.4, 0.5) is 0 Å². The summed E-state index contributed by atoms with van der Waals surface area (Å²) in [5.74, 6) is 5.40. The molecule has 0 unspecified atom stereocenters. The molecule has 0 amide bonds. The van der Waals surface area contributed by atoms with Crippen LogP contribution >= 0.6 is 0 Å². The number of nitrogens with zero attached hydrogens (tertiary/aromatic N) is 5. The molecule has 0 aromatic carbocycles. The molecule has 242 valence electrons. The number of aliphatic hydroxyl groups is 1. The van der Waals surface area contributed by atoms with Gasteiger partial charge in [-0.2, -0.15) is 0 Å². The third-order valence-electron chi connectivity index (χ3n) is 13.3. The zero-order valence-electron chi connectivity index (χ0n) is 27.5. The lowest BCUT2D eigenvalue weighted by Gasteiger charge is -2.58. The quantitative estimate of drug-likeness (QED) is 0.332. The highest BCUT2D eigenvalue weighted by Crippen LogP contribution is 2.60. The first-order valence-corrected chi connectivity index (χ1v) is 18.3. The van der Waals surface area contributed by atoms with Crippen LogP contribution in [0.15, 0.2) is 4.99 Å². The smallest absolute Gasteiger partial charge is 0.195 e. The van der Waals surface area contributed by atoms with Crippen LogP contribution in [0.25, 0.3) is 0 Å². The van der Waals surface area contributed by atoms with Crippen molar-refractivity contribution in [2.45, 2.75) is 141 Å². The van der Waals surface area contributed by atoms with E-state index in [1.807, 2.05) is 6.92 Å². The molecule has 0 aromatic heterocycles. The molecule has 7 fully saturated rings. The molecule has 5 aliphatic carbocycles. The Kier molecular flexibility index (Phi) is 8.41. The topological polar surface area (TPSA) is 95.4 Å². The molecule has 3 aliphatic heterocycles. The van der Waals surface area contributed by atoms with Crippen molar-refractivity contribution in [1.82, 2.24) is 19.6 Å². The van der Waals surface area contributed by atoms with Crippen LogP contribution in [0.1, 0.15) is 111 Å². The molecule has 4 bridgehead atoms. The summed E-state index contributed by atoms with van der Waals surface area (Å²) >= 11 is 0. The fourth-order valence-corrected chi connectivity index (χ4v) is 11.6. The minimum atomic E-state index is -0.434. The summed E-state index contributed by atoms with van der Waals surface area (Å²) in [7, 11) is 0. The molecule has 5 saturated carbocycles. The molecule has 0 radical (unpaired) electrons. The van der Waals surface area contributed by atoms with Crippen LogP contribution in [-0.4, -0.2) is 99.7 Å². The van der Waals surface area contributed by atoms with E-state index in [1.54, 1.807) is 0 Å². The van der Waals surface area contributed by atoms with Crippen molar-refractivity contribution in [2.75, 3.05) is 32.7 Å². The van der Waals surface area contributed by atoms with E-state index in [0.29, 0.717) is 29.4 Å². The molecule has 0 aromatic rings. The van der Waals surface area contributed by atoms with Gasteiger partial charge in [-0.25, -0.2) is 0 Å². The second kappa shape index (κ2) is 12.0. The van der Waals surface area contributed by atoms with Gasteiger partial charge in [0.25, 0.3) is 0 Å². The number of nitrogens with one attached hydrogen (secondary N) is 1. The maximum atomic E-state index is 11.2. The van der Waals surface area contributed by atoms with E-state index < -0.39 is 6.10 Å². The second-order valence-electron chi connectivity index (χ2n) is 16.7. The summed E-state index contributed by atoms with van der Waals surface area (Å²) in [5, 5.41) is 21.0. The molecule has 0 spiro atoms. The molecular weight excluding hydrogens is 534 g/mol. The second-order valence-corrected chi connectivity index (χ2v) is 16.7.